The number of amides is 1. The van der Waals surface area contributed by atoms with Crippen LogP contribution in [-0.4, -0.2) is 38.4 Å². The standard InChI is InChI=1S/C18H21N3O5/c1-12-6-5-7-13(10-12)21-15(23)11-14(22)17(20-21)18(26)19-9-4-2-3-8-16(24)25/h5-7,10-11,22H,2-4,8-9H2,1H3,(H,19,26)(H,24,25). The van der Waals surface area contributed by atoms with Gasteiger partial charge in [0.2, 0.25) is 0 Å². The van der Waals surface area contributed by atoms with E-state index in [1.165, 1.54) is 0 Å². The first-order valence-corrected chi connectivity index (χ1v) is 8.29. The van der Waals surface area contributed by atoms with Gasteiger partial charge in [0.1, 0.15) is 0 Å². The molecule has 1 aromatic carbocycles. The SMILES string of the molecule is Cc1cccc(-n2nc(C(=O)NCCCCCC(=O)O)c(O)cc2=O)c1. The molecule has 0 atom stereocenters. The van der Waals surface area contributed by atoms with Gasteiger partial charge in [-0.3, -0.25) is 14.4 Å². The number of nitrogens with zero attached hydrogens (tertiary/aromatic N) is 2. The first-order valence-electron chi connectivity index (χ1n) is 8.29. The number of aromatic hydroxyl groups is 1. The topological polar surface area (TPSA) is 122 Å². The van der Waals surface area contributed by atoms with Crippen LogP contribution in [0.3, 0.4) is 0 Å². The van der Waals surface area contributed by atoms with Gasteiger partial charge in [-0.2, -0.15) is 9.78 Å². The Morgan fingerprint density at radius 1 is 1.19 bits per heavy atom. The van der Waals surface area contributed by atoms with Crippen molar-refractivity contribution < 1.29 is 19.8 Å². The van der Waals surface area contributed by atoms with Crippen molar-refractivity contribution in [2.45, 2.75) is 32.6 Å². The first-order chi connectivity index (χ1) is 12.4. The van der Waals surface area contributed by atoms with Crippen molar-refractivity contribution >= 4 is 11.9 Å². The lowest BCUT2D eigenvalue weighted by Crippen LogP contribution is -2.29. The lowest BCUT2D eigenvalue weighted by atomic mass is 10.2. The van der Waals surface area contributed by atoms with Gasteiger partial charge in [0.25, 0.3) is 11.5 Å². The molecule has 0 saturated carbocycles. The molecule has 0 aliphatic heterocycles. The largest absolute Gasteiger partial charge is 0.505 e. The van der Waals surface area contributed by atoms with E-state index >= 15 is 0 Å². The fourth-order valence-electron chi connectivity index (χ4n) is 2.42. The van der Waals surface area contributed by atoms with Gasteiger partial charge in [-0.05, 0) is 37.5 Å². The van der Waals surface area contributed by atoms with Crippen LogP contribution in [0.5, 0.6) is 5.75 Å². The average molecular weight is 359 g/mol. The maximum Gasteiger partial charge on any atom is 0.303 e. The number of unbranched alkanes of at least 4 members (excludes halogenated alkanes) is 2. The maximum atomic E-state index is 12.2. The van der Waals surface area contributed by atoms with Gasteiger partial charge in [0.05, 0.1) is 5.69 Å². The average Bonchev–Trinajstić information content (AvgIpc) is 2.57. The Hall–Kier alpha value is -3.16. The minimum atomic E-state index is -0.846. The molecule has 138 valence electrons. The minimum absolute atomic E-state index is 0.0950. The van der Waals surface area contributed by atoms with Crippen molar-refractivity contribution in [2.75, 3.05) is 6.54 Å². The van der Waals surface area contributed by atoms with Gasteiger partial charge in [-0.1, -0.05) is 18.6 Å². The van der Waals surface area contributed by atoms with Crippen LogP contribution in [-0.2, 0) is 4.79 Å². The van der Waals surface area contributed by atoms with Crippen LogP contribution in [0.25, 0.3) is 5.69 Å². The number of carbonyl (C=O) groups is 2. The zero-order chi connectivity index (χ0) is 19.1. The second-order valence-corrected chi connectivity index (χ2v) is 5.93. The van der Waals surface area contributed by atoms with Crippen LogP contribution in [0, 0.1) is 6.92 Å². The monoisotopic (exact) mass is 359 g/mol. The molecule has 8 heteroatoms. The highest BCUT2D eigenvalue weighted by Crippen LogP contribution is 2.13. The van der Waals surface area contributed by atoms with E-state index in [2.05, 4.69) is 10.4 Å². The first kappa shape index (κ1) is 19.2. The molecular weight excluding hydrogens is 338 g/mol. The molecule has 8 nitrogen and oxygen atoms in total. The molecular formula is C18H21N3O5. The van der Waals surface area contributed by atoms with Gasteiger partial charge < -0.3 is 15.5 Å². The molecule has 0 aliphatic rings. The Bertz CT molecular complexity index is 860. The number of hydrogen-bond acceptors (Lipinski definition) is 5. The van der Waals surface area contributed by atoms with Crippen LogP contribution in [0.1, 0.15) is 41.7 Å². The van der Waals surface area contributed by atoms with E-state index in [1.807, 2.05) is 13.0 Å². The van der Waals surface area contributed by atoms with Crippen molar-refractivity contribution in [3.8, 4) is 11.4 Å². The molecule has 0 saturated heterocycles. The Kier molecular flexibility index (Phi) is 6.48. The summed E-state index contributed by atoms with van der Waals surface area (Å²) in [5.41, 5.74) is 0.643. The number of carboxylic acid groups (broad SMARTS) is 1. The van der Waals surface area contributed by atoms with Crippen LogP contribution in [0.4, 0.5) is 0 Å². The summed E-state index contributed by atoms with van der Waals surface area (Å²) in [6, 6.07) is 8.02. The molecule has 0 unspecified atom stereocenters. The summed E-state index contributed by atoms with van der Waals surface area (Å²) in [5.74, 6) is -1.93. The van der Waals surface area contributed by atoms with Crippen molar-refractivity contribution in [2.24, 2.45) is 0 Å². The Morgan fingerprint density at radius 3 is 2.65 bits per heavy atom. The third-order valence-electron chi connectivity index (χ3n) is 3.73. The van der Waals surface area contributed by atoms with Crippen LogP contribution < -0.4 is 10.9 Å². The molecule has 0 spiro atoms. The number of benzene rings is 1. The zero-order valence-electron chi connectivity index (χ0n) is 14.4. The number of carbonyl (C=O) groups excluding carboxylic acids is 1. The Labute approximate surface area is 150 Å². The highest BCUT2D eigenvalue weighted by atomic mass is 16.4. The van der Waals surface area contributed by atoms with Gasteiger partial charge in [0, 0.05) is 19.0 Å². The number of nitrogens with one attached hydrogen (secondary N) is 1. The number of rotatable bonds is 8. The molecule has 0 fully saturated rings. The smallest absolute Gasteiger partial charge is 0.303 e. The summed E-state index contributed by atoms with van der Waals surface area (Å²) in [6.45, 7) is 2.19. The molecule has 3 N–H and O–H groups in total. The lowest BCUT2D eigenvalue weighted by molar-refractivity contribution is -0.137. The van der Waals surface area contributed by atoms with Crippen molar-refractivity contribution in [1.82, 2.24) is 15.1 Å². The van der Waals surface area contributed by atoms with Crippen molar-refractivity contribution in [3.63, 3.8) is 0 Å². The fraction of sp³-hybridized carbons (Fsp3) is 0.333. The fourth-order valence-corrected chi connectivity index (χ4v) is 2.42. The maximum absolute atomic E-state index is 12.2. The number of carboxylic acids is 1. The van der Waals surface area contributed by atoms with Crippen LogP contribution in [0.2, 0.25) is 0 Å². The van der Waals surface area contributed by atoms with Gasteiger partial charge >= 0.3 is 5.97 Å². The van der Waals surface area contributed by atoms with E-state index in [-0.39, 0.29) is 12.1 Å². The van der Waals surface area contributed by atoms with Gasteiger partial charge in [-0.25, -0.2) is 0 Å². The quantitative estimate of drug-likeness (QED) is 0.616. The molecule has 2 rings (SSSR count). The van der Waals surface area contributed by atoms with Crippen molar-refractivity contribution in [3.05, 3.63) is 51.9 Å². The van der Waals surface area contributed by atoms with Gasteiger partial charge in [0.15, 0.2) is 11.4 Å². The molecule has 26 heavy (non-hydrogen) atoms. The number of aliphatic carboxylic acids is 1. The van der Waals surface area contributed by atoms with E-state index in [0.29, 0.717) is 31.5 Å². The van der Waals surface area contributed by atoms with E-state index in [9.17, 15) is 19.5 Å². The summed E-state index contributed by atoms with van der Waals surface area (Å²) >= 11 is 0. The third-order valence-corrected chi connectivity index (χ3v) is 3.73. The number of aromatic nitrogens is 2. The Balaban J connectivity index is 2.07. The lowest BCUT2D eigenvalue weighted by Gasteiger charge is -2.10. The normalized spacial score (nSPS) is 10.5. The van der Waals surface area contributed by atoms with Crippen molar-refractivity contribution in [1.29, 1.82) is 0 Å². The second kappa shape index (κ2) is 8.80. The second-order valence-electron chi connectivity index (χ2n) is 5.93. The van der Waals surface area contributed by atoms with E-state index in [4.69, 9.17) is 5.11 Å². The van der Waals surface area contributed by atoms with Crippen LogP contribution in [0.15, 0.2) is 35.1 Å². The minimum Gasteiger partial charge on any atom is -0.505 e. The highest BCUT2D eigenvalue weighted by Gasteiger charge is 2.16. The molecule has 0 aliphatic carbocycles. The molecule has 1 amide bonds. The molecule has 1 heterocycles. The molecule has 2 aromatic rings. The highest BCUT2D eigenvalue weighted by molar-refractivity contribution is 5.94. The number of aryl methyl sites for hydroxylation is 1. The summed E-state index contributed by atoms with van der Waals surface area (Å²) in [7, 11) is 0. The van der Waals surface area contributed by atoms with Gasteiger partial charge in [-0.15, -0.1) is 0 Å². The molecule has 0 bridgehead atoms. The molecule has 0 radical (unpaired) electrons. The third kappa shape index (κ3) is 5.17. The van der Waals surface area contributed by atoms with E-state index in [1.54, 1.807) is 18.2 Å². The summed E-state index contributed by atoms with van der Waals surface area (Å²) in [5, 5.41) is 25.0. The summed E-state index contributed by atoms with van der Waals surface area (Å²) < 4.78 is 1.06. The summed E-state index contributed by atoms with van der Waals surface area (Å²) in [6.07, 6.45) is 1.90. The van der Waals surface area contributed by atoms with Crippen LogP contribution >= 0.6 is 0 Å². The van der Waals surface area contributed by atoms with E-state index < -0.39 is 23.2 Å². The predicted octanol–water partition coefficient (Wildman–Crippen LogP) is 1.62. The molecule has 1 aromatic heterocycles. The Morgan fingerprint density at radius 2 is 1.96 bits per heavy atom. The summed E-state index contributed by atoms with van der Waals surface area (Å²) in [4.78, 5) is 34.7. The predicted molar refractivity (Wildman–Crippen MR) is 94.7 cm³/mol. The number of hydrogen-bond donors (Lipinski definition) is 3. The zero-order valence-corrected chi connectivity index (χ0v) is 14.4. The van der Waals surface area contributed by atoms with E-state index in [0.717, 1.165) is 16.3 Å².